The van der Waals surface area contributed by atoms with Gasteiger partial charge < -0.3 is 25.0 Å². The predicted molar refractivity (Wildman–Crippen MR) is 145 cm³/mol. The van der Waals surface area contributed by atoms with E-state index in [1.165, 1.54) is 0 Å². The number of piperidine rings is 1. The van der Waals surface area contributed by atoms with E-state index in [1.54, 1.807) is 21.9 Å². The molecule has 0 bridgehead atoms. The van der Waals surface area contributed by atoms with Crippen LogP contribution in [-0.4, -0.2) is 66.2 Å². The Kier molecular flexibility index (Phi) is 9.26. The van der Waals surface area contributed by atoms with E-state index in [2.05, 4.69) is 0 Å². The molecule has 2 atom stereocenters. The van der Waals surface area contributed by atoms with Crippen LogP contribution in [-0.2, 0) is 16.0 Å². The van der Waals surface area contributed by atoms with Gasteiger partial charge in [0.2, 0.25) is 5.91 Å². The Morgan fingerprint density at radius 1 is 0.974 bits per heavy atom. The molecular weight excluding hydrogens is 485 g/mol. The highest BCUT2D eigenvalue weighted by atomic mass is 19.1. The highest BCUT2D eigenvalue weighted by molar-refractivity contribution is 5.82. The molecule has 2 aliphatic rings. The van der Waals surface area contributed by atoms with Crippen LogP contribution in [0, 0.1) is 11.7 Å². The van der Waals surface area contributed by atoms with Gasteiger partial charge in [0.1, 0.15) is 11.6 Å². The van der Waals surface area contributed by atoms with Gasteiger partial charge in [-0.25, -0.2) is 9.18 Å². The summed E-state index contributed by atoms with van der Waals surface area (Å²) >= 11 is 0. The topological polar surface area (TPSA) is 85.1 Å². The zero-order chi connectivity index (χ0) is 27.2. The summed E-state index contributed by atoms with van der Waals surface area (Å²) in [6, 6.07) is 12.0. The summed E-state index contributed by atoms with van der Waals surface area (Å²) < 4.78 is 27.7. The number of carbonyl (C=O) groups excluding carboxylic acids is 2. The van der Waals surface area contributed by atoms with Gasteiger partial charge in [0, 0.05) is 43.7 Å². The second kappa shape index (κ2) is 12.6. The first-order chi connectivity index (χ1) is 18.2. The highest BCUT2D eigenvalue weighted by Gasteiger charge is 2.31. The van der Waals surface area contributed by atoms with Crippen molar-refractivity contribution in [3.63, 3.8) is 0 Å². The van der Waals surface area contributed by atoms with Crippen molar-refractivity contribution in [3.05, 3.63) is 53.8 Å². The molecule has 0 aliphatic carbocycles. The molecule has 2 amide bonds. The normalized spacial score (nSPS) is 17.9. The molecule has 0 unspecified atom stereocenters. The molecule has 4 rings (SSSR count). The van der Waals surface area contributed by atoms with Crippen LogP contribution in [0.25, 0.3) is 11.1 Å². The molecule has 0 saturated carbocycles. The molecule has 2 aromatic carbocycles. The van der Waals surface area contributed by atoms with E-state index < -0.39 is 11.9 Å². The van der Waals surface area contributed by atoms with Crippen LogP contribution in [0.15, 0.2) is 42.5 Å². The number of hydrogen-bond donors (Lipinski definition) is 1. The Bertz CT molecular complexity index is 1100. The zero-order valence-electron chi connectivity index (χ0n) is 22.7. The molecule has 2 heterocycles. The first-order valence-electron chi connectivity index (χ1n) is 13.8. The third kappa shape index (κ3) is 6.65. The van der Waals surface area contributed by atoms with Crippen molar-refractivity contribution in [2.45, 2.75) is 71.1 Å². The van der Waals surface area contributed by atoms with E-state index in [-0.39, 0.29) is 36.5 Å². The van der Waals surface area contributed by atoms with Gasteiger partial charge >= 0.3 is 6.09 Å². The molecule has 2 fully saturated rings. The first kappa shape index (κ1) is 27.9. The van der Waals surface area contributed by atoms with Gasteiger partial charge in [0.05, 0.1) is 18.2 Å². The molecular formula is C30H40FN3O4. The summed E-state index contributed by atoms with van der Waals surface area (Å²) in [4.78, 5) is 28.7. The van der Waals surface area contributed by atoms with Crippen LogP contribution in [0.3, 0.4) is 0 Å². The van der Waals surface area contributed by atoms with Crippen LogP contribution in [0.5, 0.6) is 5.75 Å². The molecule has 8 heteroatoms. The maximum atomic E-state index is 16.0. The van der Waals surface area contributed by atoms with Crippen LogP contribution in [0.4, 0.5) is 9.18 Å². The molecule has 2 aromatic rings. The number of benzene rings is 2. The van der Waals surface area contributed by atoms with E-state index in [4.69, 9.17) is 15.2 Å². The number of hydrogen-bond acceptors (Lipinski definition) is 5. The maximum absolute atomic E-state index is 16.0. The Morgan fingerprint density at radius 3 is 2.26 bits per heavy atom. The Balaban J connectivity index is 1.51. The van der Waals surface area contributed by atoms with Gasteiger partial charge in [-0.2, -0.15) is 0 Å². The van der Waals surface area contributed by atoms with Gasteiger partial charge in [0.15, 0.2) is 0 Å². The molecule has 2 saturated heterocycles. The number of nitrogens with zero attached hydrogens (tertiary/aromatic N) is 2. The number of nitrogens with two attached hydrogens (primary N) is 1. The number of carbonyl (C=O) groups is 2. The SMILES string of the molecule is CC(C)OC(=O)N1CCC([C@H](C)Oc2ccc(-c3ccccc3)c(F)c2C[C@H](N)C(=O)N2CCCC2)CC1. The number of ether oxygens (including phenoxy) is 2. The molecule has 7 nitrogen and oxygen atoms in total. The van der Waals surface area contributed by atoms with E-state index in [0.29, 0.717) is 43.1 Å². The predicted octanol–water partition coefficient (Wildman–Crippen LogP) is 5.01. The van der Waals surface area contributed by atoms with Crippen molar-refractivity contribution in [1.29, 1.82) is 0 Å². The quantitative estimate of drug-likeness (QED) is 0.524. The Morgan fingerprint density at radius 2 is 1.63 bits per heavy atom. The third-order valence-electron chi connectivity index (χ3n) is 7.56. The van der Waals surface area contributed by atoms with Crippen molar-refractivity contribution < 1.29 is 23.5 Å². The van der Waals surface area contributed by atoms with Gasteiger partial charge in [-0.3, -0.25) is 4.79 Å². The van der Waals surface area contributed by atoms with Crippen molar-refractivity contribution in [2.75, 3.05) is 26.2 Å². The van der Waals surface area contributed by atoms with E-state index in [0.717, 1.165) is 31.2 Å². The standard InChI is InChI=1S/C30H40FN3O4/c1-20(2)37-30(36)34-17-13-22(14-18-34)21(3)38-27-12-11-24(23-9-5-4-6-10-23)28(31)25(27)19-26(32)29(35)33-15-7-8-16-33/h4-6,9-12,20-22,26H,7-8,13-19,32H2,1-3H3/t21-,26-/m0/s1. The summed E-state index contributed by atoms with van der Waals surface area (Å²) in [6.07, 6.45) is 2.88. The molecule has 0 aromatic heterocycles. The molecule has 2 aliphatic heterocycles. The van der Waals surface area contributed by atoms with Crippen molar-refractivity contribution in [1.82, 2.24) is 9.80 Å². The first-order valence-corrected chi connectivity index (χ1v) is 13.8. The fraction of sp³-hybridized carbons (Fsp3) is 0.533. The molecule has 0 radical (unpaired) electrons. The maximum Gasteiger partial charge on any atom is 0.410 e. The average Bonchev–Trinajstić information content (AvgIpc) is 3.45. The summed E-state index contributed by atoms with van der Waals surface area (Å²) in [7, 11) is 0. The van der Waals surface area contributed by atoms with Gasteiger partial charge in [0.25, 0.3) is 0 Å². The molecule has 206 valence electrons. The third-order valence-corrected chi connectivity index (χ3v) is 7.56. The lowest BCUT2D eigenvalue weighted by Crippen LogP contribution is -2.44. The summed E-state index contributed by atoms with van der Waals surface area (Å²) in [5.74, 6) is 0.0622. The van der Waals surface area contributed by atoms with Crippen LogP contribution in [0.2, 0.25) is 0 Å². The number of amides is 2. The molecule has 38 heavy (non-hydrogen) atoms. The number of halogens is 1. The lowest BCUT2D eigenvalue weighted by atomic mass is 9.92. The van der Waals surface area contributed by atoms with Crippen LogP contribution < -0.4 is 10.5 Å². The minimum absolute atomic E-state index is 0.0589. The highest BCUT2D eigenvalue weighted by Crippen LogP contribution is 2.34. The minimum atomic E-state index is -0.846. The summed E-state index contributed by atoms with van der Waals surface area (Å²) in [5.41, 5.74) is 7.89. The fourth-order valence-electron chi connectivity index (χ4n) is 5.35. The van der Waals surface area contributed by atoms with Crippen molar-refractivity contribution >= 4 is 12.0 Å². The second-order valence-corrected chi connectivity index (χ2v) is 10.7. The smallest absolute Gasteiger partial charge is 0.410 e. The lowest BCUT2D eigenvalue weighted by Gasteiger charge is -2.35. The second-order valence-electron chi connectivity index (χ2n) is 10.7. The molecule has 2 N–H and O–H groups in total. The Hall–Kier alpha value is -3.13. The van der Waals surface area contributed by atoms with Gasteiger partial charge in [-0.1, -0.05) is 30.3 Å². The number of likely N-dealkylation sites (tertiary alicyclic amines) is 2. The molecule has 0 spiro atoms. The van der Waals surface area contributed by atoms with Gasteiger partial charge in [-0.15, -0.1) is 0 Å². The van der Waals surface area contributed by atoms with Crippen LogP contribution >= 0.6 is 0 Å². The van der Waals surface area contributed by atoms with E-state index >= 15 is 4.39 Å². The minimum Gasteiger partial charge on any atom is -0.490 e. The zero-order valence-corrected chi connectivity index (χ0v) is 22.7. The lowest BCUT2D eigenvalue weighted by molar-refractivity contribution is -0.131. The monoisotopic (exact) mass is 525 g/mol. The van der Waals surface area contributed by atoms with E-state index in [1.807, 2.05) is 51.1 Å². The van der Waals surface area contributed by atoms with E-state index in [9.17, 15) is 9.59 Å². The van der Waals surface area contributed by atoms with Crippen LogP contribution in [0.1, 0.15) is 52.0 Å². The number of rotatable bonds is 8. The fourth-order valence-corrected chi connectivity index (χ4v) is 5.35. The Labute approximate surface area is 225 Å². The summed E-state index contributed by atoms with van der Waals surface area (Å²) in [6.45, 7) is 8.23. The summed E-state index contributed by atoms with van der Waals surface area (Å²) in [5, 5.41) is 0. The van der Waals surface area contributed by atoms with Gasteiger partial charge in [-0.05, 0) is 70.1 Å². The van der Waals surface area contributed by atoms with Crippen molar-refractivity contribution in [3.8, 4) is 16.9 Å². The average molecular weight is 526 g/mol. The largest absolute Gasteiger partial charge is 0.490 e. The van der Waals surface area contributed by atoms with Crippen molar-refractivity contribution in [2.24, 2.45) is 11.7 Å².